The molecule has 0 saturated carbocycles. The van der Waals surface area contributed by atoms with E-state index in [1.165, 1.54) is 18.3 Å². The van der Waals surface area contributed by atoms with Crippen LogP contribution in [-0.4, -0.2) is 35.0 Å². The monoisotopic (exact) mass is 330 g/mol. The van der Waals surface area contributed by atoms with Crippen molar-refractivity contribution in [1.29, 1.82) is 0 Å². The molecule has 1 N–H and O–H groups in total. The number of pyridine rings is 1. The molecule has 1 aliphatic rings. The highest BCUT2D eigenvalue weighted by Crippen LogP contribution is 2.18. The molecule has 24 heavy (non-hydrogen) atoms. The van der Waals surface area contributed by atoms with Gasteiger partial charge in [-0.15, -0.1) is 0 Å². The first-order chi connectivity index (χ1) is 11.6. The fourth-order valence-corrected chi connectivity index (χ4v) is 2.84. The highest BCUT2D eigenvalue weighted by molar-refractivity contribution is 5.94. The Morgan fingerprint density at radius 3 is 2.96 bits per heavy atom. The highest BCUT2D eigenvalue weighted by Gasteiger charge is 2.25. The Morgan fingerprint density at radius 2 is 2.17 bits per heavy atom. The zero-order chi connectivity index (χ0) is 16.9. The van der Waals surface area contributed by atoms with Crippen LogP contribution in [0.25, 0.3) is 0 Å². The zero-order valence-electron chi connectivity index (χ0n) is 13.2. The summed E-state index contributed by atoms with van der Waals surface area (Å²) in [7, 11) is 0. The summed E-state index contributed by atoms with van der Waals surface area (Å²) in [6, 6.07) is 9.40. The third-order valence-electron chi connectivity index (χ3n) is 4.12. The van der Waals surface area contributed by atoms with E-state index in [1.807, 2.05) is 0 Å². The summed E-state index contributed by atoms with van der Waals surface area (Å²) in [5, 5.41) is 0. The van der Waals surface area contributed by atoms with Crippen LogP contribution in [0.3, 0.4) is 0 Å². The van der Waals surface area contributed by atoms with Crippen molar-refractivity contribution in [3.63, 3.8) is 0 Å². The molecule has 1 atom stereocenters. The van der Waals surface area contributed by atoms with Crippen molar-refractivity contribution in [3.05, 3.63) is 69.9 Å². The molecule has 1 fully saturated rings. The van der Waals surface area contributed by atoms with E-state index in [9.17, 15) is 14.0 Å². The summed E-state index contributed by atoms with van der Waals surface area (Å²) in [4.78, 5) is 28.0. The van der Waals surface area contributed by atoms with Gasteiger partial charge < -0.3 is 14.6 Å². The van der Waals surface area contributed by atoms with Crippen molar-refractivity contribution in [2.45, 2.75) is 25.6 Å². The van der Waals surface area contributed by atoms with Gasteiger partial charge in [0.25, 0.3) is 5.91 Å². The van der Waals surface area contributed by atoms with Gasteiger partial charge in [0, 0.05) is 36.5 Å². The first kappa shape index (κ1) is 16.4. The van der Waals surface area contributed by atoms with E-state index in [0.29, 0.717) is 24.2 Å². The van der Waals surface area contributed by atoms with E-state index in [4.69, 9.17) is 4.74 Å². The number of nitrogens with one attached hydrogen (secondary N) is 1. The average molecular weight is 330 g/mol. The van der Waals surface area contributed by atoms with Crippen molar-refractivity contribution in [1.82, 2.24) is 9.88 Å². The van der Waals surface area contributed by atoms with E-state index >= 15 is 0 Å². The molecular formula is C18H19FN2O3. The Morgan fingerprint density at radius 1 is 1.33 bits per heavy atom. The Kier molecular flexibility index (Phi) is 5.05. The normalized spacial score (nSPS) is 17.7. The number of amides is 1. The number of carbonyl (C=O) groups is 1. The van der Waals surface area contributed by atoms with Crippen molar-refractivity contribution >= 4 is 5.91 Å². The van der Waals surface area contributed by atoms with E-state index in [0.717, 1.165) is 12.8 Å². The third kappa shape index (κ3) is 3.89. The first-order valence-electron chi connectivity index (χ1n) is 7.96. The number of benzene rings is 1. The lowest BCUT2D eigenvalue weighted by Crippen LogP contribution is -2.43. The van der Waals surface area contributed by atoms with Gasteiger partial charge in [0.2, 0.25) is 5.56 Å². The van der Waals surface area contributed by atoms with Crippen LogP contribution >= 0.6 is 0 Å². The zero-order valence-corrected chi connectivity index (χ0v) is 13.2. The molecule has 2 aromatic rings. The van der Waals surface area contributed by atoms with Gasteiger partial charge in [-0.25, -0.2) is 4.39 Å². The molecule has 5 nitrogen and oxygen atoms in total. The number of H-pyrrole nitrogens is 1. The van der Waals surface area contributed by atoms with Crippen LogP contribution in [0.5, 0.6) is 0 Å². The molecule has 1 aromatic heterocycles. The Hall–Kier alpha value is -2.47. The molecule has 1 saturated heterocycles. The third-order valence-corrected chi connectivity index (χ3v) is 4.12. The largest absolute Gasteiger partial charge is 0.372 e. The number of likely N-dealkylation sites (tertiary alicyclic amines) is 1. The predicted octanol–water partition coefficient (Wildman–Crippen LogP) is 2.34. The van der Waals surface area contributed by atoms with Gasteiger partial charge in [0.1, 0.15) is 5.82 Å². The number of halogens is 1. The lowest BCUT2D eigenvalue weighted by Gasteiger charge is -2.32. The van der Waals surface area contributed by atoms with Gasteiger partial charge >= 0.3 is 0 Å². The molecule has 0 aliphatic carbocycles. The smallest absolute Gasteiger partial charge is 0.254 e. The maximum atomic E-state index is 13.6. The number of aromatic nitrogens is 1. The van der Waals surface area contributed by atoms with Crippen molar-refractivity contribution in [2.75, 3.05) is 13.1 Å². The number of ether oxygens (including phenoxy) is 1. The Bertz CT molecular complexity index is 775. The molecule has 1 amide bonds. The highest BCUT2D eigenvalue weighted by atomic mass is 19.1. The number of nitrogens with zero attached hydrogens (tertiary/aromatic N) is 1. The van der Waals surface area contributed by atoms with E-state index in [1.54, 1.807) is 29.2 Å². The van der Waals surface area contributed by atoms with Crippen molar-refractivity contribution in [2.24, 2.45) is 0 Å². The van der Waals surface area contributed by atoms with Gasteiger partial charge in [-0.1, -0.05) is 18.2 Å². The number of hydrogen-bond acceptors (Lipinski definition) is 3. The molecule has 1 aromatic carbocycles. The summed E-state index contributed by atoms with van der Waals surface area (Å²) in [6.07, 6.45) is 2.97. The van der Waals surface area contributed by atoms with E-state index in [2.05, 4.69) is 4.98 Å². The fraction of sp³-hybridized carbons (Fsp3) is 0.333. The summed E-state index contributed by atoms with van der Waals surface area (Å²) in [6.45, 7) is 1.26. The summed E-state index contributed by atoms with van der Waals surface area (Å²) in [5.74, 6) is -0.468. The maximum absolute atomic E-state index is 13.6. The first-order valence-corrected chi connectivity index (χ1v) is 7.96. The number of aromatic amines is 1. The minimum atomic E-state index is -0.301. The molecule has 0 bridgehead atoms. The fourth-order valence-electron chi connectivity index (χ4n) is 2.84. The lowest BCUT2D eigenvalue weighted by atomic mass is 10.1. The molecule has 1 aliphatic heterocycles. The van der Waals surface area contributed by atoms with Gasteiger partial charge in [-0.3, -0.25) is 9.59 Å². The van der Waals surface area contributed by atoms with E-state index < -0.39 is 0 Å². The van der Waals surface area contributed by atoms with E-state index in [-0.39, 0.29) is 30.0 Å². The molecule has 0 unspecified atom stereocenters. The second-order valence-electron chi connectivity index (χ2n) is 5.86. The maximum Gasteiger partial charge on any atom is 0.254 e. The predicted molar refractivity (Wildman–Crippen MR) is 87.2 cm³/mol. The second kappa shape index (κ2) is 7.40. The van der Waals surface area contributed by atoms with Crippen LogP contribution in [-0.2, 0) is 11.3 Å². The minimum absolute atomic E-state index is 0.135. The van der Waals surface area contributed by atoms with Crippen LogP contribution in [0, 0.1) is 5.82 Å². The van der Waals surface area contributed by atoms with Gasteiger partial charge in [0.15, 0.2) is 0 Å². The second-order valence-corrected chi connectivity index (χ2v) is 5.86. The molecule has 0 radical (unpaired) electrons. The molecule has 0 spiro atoms. The standard InChI is InChI=1S/C18H19FN2O3/c19-16-6-2-1-4-14(16)12-24-15-5-3-9-21(11-15)18(23)13-7-8-20-17(22)10-13/h1-2,4,6-8,10,15H,3,5,9,11-12H2,(H,20,22)/t15-/m0/s1. The minimum Gasteiger partial charge on any atom is -0.372 e. The SMILES string of the molecule is O=C(c1cc[nH]c(=O)c1)N1CCC[C@H](OCc2ccccc2F)C1. The molecular weight excluding hydrogens is 311 g/mol. The number of hydrogen-bond donors (Lipinski definition) is 1. The van der Waals surface area contributed by atoms with Gasteiger partial charge in [-0.2, -0.15) is 0 Å². The number of piperidine rings is 1. The topological polar surface area (TPSA) is 62.4 Å². The molecule has 6 heteroatoms. The van der Waals surface area contributed by atoms with Crippen LogP contribution in [0.15, 0.2) is 47.4 Å². The quantitative estimate of drug-likeness (QED) is 0.936. The Labute approximate surface area is 139 Å². The molecule has 2 heterocycles. The summed E-state index contributed by atoms with van der Waals surface area (Å²) in [5.41, 5.74) is 0.578. The van der Waals surface area contributed by atoms with Crippen molar-refractivity contribution < 1.29 is 13.9 Å². The number of rotatable bonds is 4. The molecule has 126 valence electrons. The van der Waals surface area contributed by atoms with Gasteiger partial charge in [-0.05, 0) is 25.0 Å². The number of carbonyl (C=O) groups excluding carboxylic acids is 1. The summed E-state index contributed by atoms with van der Waals surface area (Å²) >= 11 is 0. The van der Waals surface area contributed by atoms with Crippen LogP contribution in [0.1, 0.15) is 28.8 Å². The summed E-state index contributed by atoms with van der Waals surface area (Å²) < 4.78 is 19.4. The van der Waals surface area contributed by atoms with Crippen LogP contribution < -0.4 is 5.56 Å². The average Bonchev–Trinajstić information content (AvgIpc) is 2.61. The Balaban J connectivity index is 1.61. The van der Waals surface area contributed by atoms with Crippen LogP contribution in [0.4, 0.5) is 4.39 Å². The molecule has 3 rings (SSSR count). The lowest BCUT2D eigenvalue weighted by molar-refractivity contribution is -0.00762. The van der Waals surface area contributed by atoms with Crippen molar-refractivity contribution in [3.8, 4) is 0 Å². The van der Waals surface area contributed by atoms with Gasteiger partial charge in [0.05, 0.1) is 12.7 Å². The van der Waals surface area contributed by atoms with Crippen LogP contribution in [0.2, 0.25) is 0 Å².